The summed E-state index contributed by atoms with van der Waals surface area (Å²) in [6.45, 7) is 5.41. The molecule has 0 radical (unpaired) electrons. The maximum Gasteiger partial charge on any atom is 0.228 e. The third-order valence-corrected chi connectivity index (χ3v) is 3.89. The first kappa shape index (κ1) is 17.5. The Morgan fingerprint density at radius 3 is 2.29 bits per heavy atom. The molecule has 5 heteroatoms. The van der Waals surface area contributed by atoms with Crippen molar-refractivity contribution < 1.29 is 14.3 Å². The summed E-state index contributed by atoms with van der Waals surface area (Å²) in [6.07, 6.45) is 0.279. The number of carbonyl (C=O) groups excluding carboxylic acids is 2. The highest BCUT2D eigenvalue weighted by molar-refractivity contribution is 5.94. The van der Waals surface area contributed by atoms with Gasteiger partial charge in [-0.25, -0.2) is 0 Å². The summed E-state index contributed by atoms with van der Waals surface area (Å²) in [4.78, 5) is 23.4. The van der Waals surface area contributed by atoms with Gasteiger partial charge in [-0.3, -0.25) is 9.59 Å². The molecule has 0 heterocycles. The summed E-state index contributed by atoms with van der Waals surface area (Å²) in [6, 6.07) is 10.9. The Morgan fingerprint density at radius 1 is 1.00 bits per heavy atom. The molecule has 0 aliphatic rings. The van der Waals surface area contributed by atoms with E-state index in [1.807, 2.05) is 26.0 Å². The minimum absolute atomic E-state index is 0.109. The van der Waals surface area contributed by atoms with Gasteiger partial charge >= 0.3 is 0 Å². The number of benzene rings is 2. The van der Waals surface area contributed by atoms with Gasteiger partial charge in [0.15, 0.2) is 0 Å². The fourth-order valence-corrected chi connectivity index (χ4v) is 2.52. The van der Waals surface area contributed by atoms with Gasteiger partial charge in [0.2, 0.25) is 11.8 Å². The van der Waals surface area contributed by atoms with Crippen LogP contribution in [0.1, 0.15) is 23.6 Å². The van der Waals surface area contributed by atoms with Crippen LogP contribution in [0.2, 0.25) is 0 Å². The zero-order valence-electron chi connectivity index (χ0n) is 14.4. The molecular formula is C19H22N2O3. The van der Waals surface area contributed by atoms with Gasteiger partial charge in [-0.15, -0.1) is 0 Å². The quantitative estimate of drug-likeness (QED) is 0.884. The topological polar surface area (TPSA) is 67.4 Å². The molecule has 126 valence electrons. The number of ether oxygens (including phenoxy) is 1. The van der Waals surface area contributed by atoms with Gasteiger partial charge in [0, 0.05) is 18.3 Å². The first-order chi connectivity index (χ1) is 11.4. The predicted molar refractivity (Wildman–Crippen MR) is 95.5 cm³/mol. The molecule has 2 aromatic carbocycles. The van der Waals surface area contributed by atoms with Crippen molar-refractivity contribution in [1.29, 1.82) is 0 Å². The van der Waals surface area contributed by atoms with Crippen LogP contribution >= 0.6 is 0 Å². The molecule has 2 aromatic rings. The average Bonchev–Trinajstić information content (AvgIpc) is 2.52. The highest BCUT2D eigenvalue weighted by Crippen LogP contribution is 2.24. The molecule has 0 saturated heterocycles. The molecule has 0 saturated carbocycles. The van der Waals surface area contributed by atoms with Crippen molar-refractivity contribution in [3.63, 3.8) is 0 Å². The SMILES string of the molecule is COc1ccc(CC(=O)Nc2cccc(NC(C)=O)c2)c(C)c1C. The van der Waals surface area contributed by atoms with E-state index in [4.69, 9.17) is 4.74 Å². The molecule has 0 bridgehead atoms. The standard InChI is InChI=1S/C19H22N2O3/c1-12-13(2)18(24-4)9-8-15(12)10-19(23)21-17-7-5-6-16(11-17)20-14(3)22/h5-9,11H,10H2,1-4H3,(H,20,22)(H,21,23). The zero-order chi connectivity index (χ0) is 17.7. The fourth-order valence-electron chi connectivity index (χ4n) is 2.52. The summed E-state index contributed by atoms with van der Waals surface area (Å²) < 4.78 is 5.29. The lowest BCUT2D eigenvalue weighted by Gasteiger charge is -2.13. The molecule has 2 rings (SSSR count). The Labute approximate surface area is 142 Å². The van der Waals surface area contributed by atoms with E-state index in [2.05, 4.69) is 10.6 Å². The number of hydrogen-bond donors (Lipinski definition) is 2. The van der Waals surface area contributed by atoms with Crippen LogP contribution in [0.4, 0.5) is 11.4 Å². The van der Waals surface area contributed by atoms with Crippen molar-refractivity contribution in [2.45, 2.75) is 27.2 Å². The van der Waals surface area contributed by atoms with Gasteiger partial charge in [-0.1, -0.05) is 12.1 Å². The van der Waals surface area contributed by atoms with E-state index in [0.717, 1.165) is 22.4 Å². The van der Waals surface area contributed by atoms with Gasteiger partial charge in [-0.2, -0.15) is 0 Å². The molecule has 5 nitrogen and oxygen atoms in total. The van der Waals surface area contributed by atoms with Gasteiger partial charge in [0.25, 0.3) is 0 Å². The van der Waals surface area contributed by atoms with Crippen molar-refractivity contribution in [2.75, 3.05) is 17.7 Å². The number of anilines is 2. The lowest BCUT2D eigenvalue weighted by atomic mass is 9.99. The van der Waals surface area contributed by atoms with Crippen molar-refractivity contribution in [1.82, 2.24) is 0 Å². The molecule has 0 aromatic heterocycles. The summed E-state index contributed by atoms with van der Waals surface area (Å²) in [7, 11) is 1.64. The smallest absolute Gasteiger partial charge is 0.228 e. The second-order valence-corrected chi connectivity index (χ2v) is 5.66. The average molecular weight is 326 g/mol. The number of methoxy groups -OCH3 is 1. The number of amides is 2. The summed E-state index contributed by atoms with van der Waals surface area (Å²) >= 11 is 0. The Balaban J connectivity index is 2.09. The molecule has 0 atom stereocenters. The Bertz CT molecular complexity index is 769. The molecule has 2 N–H and O–H groups in total. The number of nitrogens with one attached hydrogen (secondary N) is 2. The molecule has 2 amide bonds. The first-order valence-corrected chi connectivity index (χ1v) is 7.71. The van der Waals surface area contributed by atoms with Gasteiger partial charge in [0.05, 0.1) is 13.5 Å². The maximum atomic E-state index is 12.3. The van der Waals surface area contributed by atoms with Crippen molar-refractivity contribution >= 4 is 23.2 Å². The maximum absolute atomic E-state index is 12.3. The zero-order valence-corrected chi connectivity index (χ0v) is 14.4. The van der Waals surface area contributed by atoms with Crippen LogP contribution in [0.5, 0.6) is 5.75 Å². The number of hydrogen-bond acceptors (Lipinski definition) is 3. The normalized spacial score (nSPS) is 10.2. The summed E-state index contributed by atoms with van der Waals surface area (Å²) in [5.74, 6) is 0.560. The van der Waals surface area contributed by atoms with E-state index in [9.17, 15) is 9.59 Å². The predicted octanol–water partition coefficient (Wildman–Crippen LogP) is 3.45. The summed E-state index contributed by atoms with van der Waals surface area (Å²) in [5.41, 5.74) is 4.35. The number of rotatable bonds is 5. The lowest BCUT2D eigenvalue weighted by molar-refractivity contribution is -0.116. The third kappa shape index (κ3) is 4.35. The molecule has 0 unspecified atom stereocenters. The third-order valence-electron chi connectivity index (χ3n) is 3.89. The highest BCUT2D eigenvalue weighted by Gasteiger charge is 2.11. The van der Waals surface area contributed by atoms with Crippen molar-refractivity contribution in [3.05, 3.63) is 53.1 Å². The lowest BCUT2D eigenvalue weighted by Crippen LogP contribution is -2.15. The molecule has 24 heavy (non-hydrogen) atoms. The molecule has 0 aliphatic carbocycles. The van der Waals surface area contributed by atoms with Crippen LogP contribution in [0.3, 0.4) is 0 Å². The fraction of sp³-hybridized carbons (Fsp3) is 0.263. The second kappa shape index (κ2) is 7.64. The molecule has 0 fully saturated rings. The molecule has 0 spiro atoms. The minimum Gasteiger partial charge on any atom is -0.496 e. The summed E-state index contributed by atoms with van der Waals surface area (Å²) in [5, 5.41) is 5.55. The highest BCUT2D eigenvalue weighted by atomic mass is 16.5. The second-order valence-electron chi connectivity index (χ2n) is 5.66. The van der Waals surface area contributed by atoms with Crippen LogP contribution < -0.4 is 15.4 Å². The van der Waals surface area contributed by atoms with E-state index >= 15 is 0 Å². The van der Waals surface area contributed by atoms with Crippen LogP contribution in [-0.4, -0.2) is 18.9 Å². The van der Waals surface area contributed by atoms with E-state index in [0.29, 0.717) is 11.4 Å². The largest absolute Gasteiger partial charge is 0.496 e. The minimum atomic E-state index is -0.150. The van der Waals surface area contributed by atoms with Gasteiger partial charge in [-0.05, 0) is 54.8 Å². The van der Waals surface area contributed by atoms with Gasteiger partial charge in [0.1, 0.15) is 5.75 Å². The van der Waals surface area contributed by atoms with Crippen LogP contribution in [-0.2, 0) is 16.0 Å². The van der Waals surface area contributed by atoms with Crippen LogP contribution in [0, 0.1) is 13.8 Å². The first-order valence-electron chi connectivity index (χ1n) is 7.71. The number of carbonyl (C=O) groups is 2. The monoisotopic (exact) mass is 326 g/mol. The van der Waals surface area contributed by atoms with Crippen LogP contribution in [0.15, 0.2) is 36.4 Å². The van der Waals surface area contributed by atoms with E-state index in [1.54, 1.807) is 31.4 Å². The Hall–Kier alpha value is -2.82. The van der Waals surface area contributed by atoms with Crippen LogP contribution in [0.25, 0.3) is 0 Å². The van der Waals surface area contributed by atoms with E-state index in [1.165, 1.54) is 6.92 Å². The Kier molecular flexibility index (Phi) is 5.58. The van der Waals surface area contributed by atoms with Crippen molar-refractivity contribution in [3.8, 4) is 5.75 Å². The van der Waals surface area contributed by atoms with Gasteiger partial charge < -0.3 is 15.4 Å². The van der Waals surface area contributed by atoms with E-state index in [-0.39, 0.29) is 18.2 Å². The Morgan fingerprint density at radius 2 is 1.67 bits per heavy atom. The molecule has 0 aliphatic heterocycles. The molecular weight excluding hydrogens is 304 g/mol. The van der Waals surface area contributed by atoms with Crippen molar-refractivity contribution in [2.24, 2.45) is 0 Å². The van der Waals surface area contributed by atoms with E-state index < -0.39 is 0 Å².